The number of guanidine groups is 1. The van der Waals surface area contributed by atoms with Gasteiger partial charge in [-0.2, -0.15) is 0 Å². The summed E-state index contributed by atoms with van der Waals surface area (Å²) in [5.41, 5.74) is 0. The van der Waals surface area contributed by atoms with Gasteiger partial charge in [0.2, 0.25) is 10.0 Å². The maximum absolute atomic E-state index is 12.1. The van der Waals surface area contributed by atoms with Gasteiger partial charge < -0.3 is 10.6 Å². The lowest BCUT2D eigenvalue weighted by Gasteiger charge is -2.15. The predicted molar refractivity (Wildman–Crippen MR) is 121 cm³/mol. The monoisotopic (exact) mass is 523 g/mol. The second kappa shape index (κ2) is 12.3. The Bertz CT molecular complexity index is 783. The summed E-state index contributed by atoms with van der Waals surface area (Å²) in [6.45, 7) is 3.65. The molecule has 2 aromatic rings. The smallest absolute Gasteiger partial charge is 0.242 e. The van der Waals surface area contributed by atoms with Crippen LogP contribution in [0.3, 0.4) is 0 Å². The number of aromatic nitrogens is 1. The molecule has 0 aromatic carbocycles. The number of nitrogens with zero attached hydrogens (tertiary/aromatic N) is 2. The minimum Gasteiger partial charge on any atom is -0.356 e. The summed E-state index contributed by atoms with van der Waals surface area (Å²) in [6, 6.07) is 7.31. The number of nitrogens with one attached hydrogen (secondary N) is 3. The van der Waals surface area contributed by atoms with Crippen LogP contribution in [0.5, 0.6) is 0 Å². The van der Waals surface area contributed by atoms with Crippen LogP contribution in [0, 0.1) is 5.92 Å². The Kier molecular flexibility index (Phi) is 10.8. The van der Waals surface area contributed by atoms with E-state index in [-0.39, 0.29) is 35.4 Å². The van der Waals surface area contributed by atoms with Crippen LogP contribution in [0.4, 0.5) is 0 Å². The average Bonchev–Trinajstić information content (AvgIpc) is 3.14. The van der Waals surface area contributed by atoms with E-state index in [0.717, 1.165) is 13.0 Å². The zero-order chi connectivity index (χ0) is 18.8. The Morgan fingerprint density at radius 2 is 2.07 bits per heavy atom. The second-order valence-corrected chi connectivity index (χ2v) is 8.65. The first-order valence-electron chi connectivity index (χ1n) is 8.38. The molecule has 0 aliphatic carbocycles. The lowest BCUT2D eigenvalue weighted by molar-refractivity contribution is 0.561. The third kappa shape index (κ3) is 8.54. The van der Waals surface area contributed by atoms with Crippen LogP contribution >= 0.6 is 35.3 Å². The zero-order valence-electron chi connectivity index (χ0n) is 15.4. The first kappa shape index (κ1) is 23.8. The van der Waals surface area contributed by atoms with Crippen molar-refractivity contribution in [2.45, 2.75) is 18.2 Å². The number of aliphatic imine (C=N–C) groups is 1. The van der Waals surface area contributed by atoms with E-state index in [2.05, 4.69) is 49.8 Å². The maximum atomic E-state index is 12.1. The van der Waals surface area contributed by atoms with Crippen molar-refractivity contribution in [2.75, 3.05) is 26.7 Å². The van der Waals surface area contributed by atoms with Crippen molar-refractivity contribution >= 4 is 51.3 Å². The molecule has 2 aromatic heterocycles. The van der Waals surface area contributed by atoms with Gasteiger partial charge in [-0.05, 0) is 35.9 Å². The van der Waals surface area contributed by atoms with E-state index in [0.29, 0.717) is 18.4 Å². The number of hydrogen-bond donors (Lipinski definition) is 3. The molecule has 1 unspecified atom stereocenters. The summed E-state index contributed by atoms with van der Waals surface area (Å²) in [5, 5.41) is 8.46. The maximum Gasteiger partial charge on any atom is 0.242 e. The highest BCUT2D eigenvalue weighted by Gasteiger charge is 2.13. The minimum absolute atomic E-state index is 0. The average molecular weight is 523 g/mol. The van der Waals surface area contributed by atoms with Crippen LogP contribution in [0.25, 0.3) is 0 Å². The van der Waals surface area contributed by atoms with Gasteiger partial charge in [0.25, 0.3) is 0 Å². The lowest BCUT2D eigenvalue weighted by atomic mass is 10.1. The fraction of sp³-hybridized carbons (Fsp3) is 0.412. The van der Waals surface area contributed by atoms with Gasteiger partial charge >= 0.3 is 0 Å². The van der Waals surface area contributed by atoms with Crippen LogP contribution in [-0.4, -0.2) is 46.0 Å². The van der Waals surface area contributed by atoms with Gasteiger partial charge in [-0.1, -0.05) is 13.0 Å². The Balaban J connectivity index is 0.00000364. The fourth-order valence-electron chi connectivity index (χ4n) is 2.29. The number of hydrogen-bond acceptors (Lipinski definition) is 5. The molecule has 0 bridgehead atoms. The Labute approximate surface area is 182 Å². The van der Waals surface area contributed by atoms with E-state index in [1.807, 2.05) is 0 Å². The molecule has 1 atom stereocenters. The molecule has 0 fully saturated rings. The molecular weight excluding hydrogens is 497 g/mol. The fourth-order valence-corrected chi connectivity index (χ4v) is 4.16. The molecule has 0 saturated heterocycles. The molecule has 0 aliphatic heterocycles. The van der Waals surface area contributed by atoms with E-state index < -0.39 is 10.0 Å². The highest BCUT2D eigenvalue weighted by Crippen LogP contribution is 2.13. The molecule has 27 heavy (non-hydrogen) atoms. The van der Waals surface area contributed by atoms with Gasteiger partial charge in [0.05, 0.1) is 0 Å². The number of sulfonamides is 1. The van der Waals surface area contributed by atoms with Crippen LogP contribution in [0.15, 0.2) is 51.9 Å². The largest absolute Gasteiger partial charge is 0.356 e. The number of halogens is 1. The molecule has 2 rings (SSSR count). The van der Waals surface area contributed by atoms with E-state index in [1.165, 1.54) is 23.3 Å². The molecule has 7 nitrogen and oxygen atoms in total. The molecule has 0 radical (unpaired) electrons. The summed E-state index contributed by atoms with van der Waals surface area (Å²) in [6.07, 6.45) is 3.88. The van der Waals surface area contributed by atoms with E-state index >= 15 is 0 Å². The first-order chi connectivity index (χ1) is 12.5. The van der Waals surface area contributed by atoms with Crippen molar-refractivity contribution < 1.29 is 8.42 Å². The van der Waals surface area contributed by atoms with Gasteiger partial charge in [-0.25, -0.2) is 13.1 Å². The lowest BCUT2D eigenvalue weighted by Crippen LogP contribution is -2.43. The molecule has 10 heteroatoms. The van der Waals surface area contributed by atoms with E-state index in [9.17, 15) is 8.42 Å². The molecule has 3 N–H and O–H groups in total. The Hall–Kier alpha value is -1.24. The third-order valence-electron chi connectivity index (χ3n) is 3.63. The zero-order valence-corrected chi connectivity index (χ0v) is 19.3. The third-order valence-corrected chi connectivity index (χ3v) is 5.97. The molecule has 150 valence electrons. The van der Waals surface area contributed by atoms with Gasteiger partial charge in [0, 0.05) is 44.0 Å². The van der Waals surface area contributed by atoms with Gasteiger partial charge in [0.15, 0.2) is 5.96 Å². The summed E-state index contributed by atoms with van der Waals surface area (Å²) < 4.78 is 26.7. The standard InChI is InChI=1S/C17H25N5O2S2.HI/c1-14(11-15-5-4-10-25-15)12-21-17(18-2)20-8-9-22-26(23,24)16-6-3-7-19-13-16;/h3-7,10,13-14,22H,8-9,11-12H2,1-2H3,(H2,18,20,21);1H. The summed E-state index contributed by atoms with van der Waals surface area (Å²) in [7, 11) is -1.84. The Morgan fingerprint density at radius 3 is 2.70 bits per heavy atom. The van der Waals surface area contributed by atoms with E-state index in [4.69, 9.17) is 0 Å². The number of thiophene rings is 1. The van der Waals surface area contributed by atoms with Crippen molar-refractivity contribution in [2.24, 2.45) is 10.9 Å². The predicted octanol–water partition coefficient (Wildman–Crippen LogP) is 2.08. The SMILES string of the molecule is CN=C(NCCNS(=O)(=O)c1cccnc1)NCC(C)Cc1cccs1.I. The molecule has 0 aliphatic rings. The summed E-state index contributed by atoms with van der Waals surface area (Å²) >= 11 is 1.77. The van der Waals surface area contributed by atoms with E-state index in [1.54, 1.807) is 24.5 Å². The summed E-state index contributed by atoms with van der Waals surface area (Å²) in [4.78, 5) is 9.51. The number of pyridine rings is 1. The van der Waals surface area contributed by atoms with Gasteiger partial charge in [-0.3, -0.25) is 9.98 Å². The van der Waals surface area contributed by atoms with Crippen molar-refractivity contribution in [1.82, 2.24) is 20.3 Å². The minimum atomic E-state index is -3.53. The molecule has 0 spiro atoms. The normalized spacial score (nSPS) is 12.9. The van der Waals surface area contributed by atoms with Crippen LogP contribution in [0.2, 0.25) is 0 Å². The van der Waals surface area contributed by atoms with Crippen molar-refractivity contribution in [3.05, 3.63) is 46.9 Å². The van der Waals surface area contributed by atoms with Crippen molar-refractivity contribution in [3.63, 3.8) is 0 Å². The molecule has 0 amide bonds. The van der Waals surface area contributed by atoms with Crippen molar-refractivity contribution in [1.29, 1.82) is 0 Å². The Morgan fingerprint density at radius 1 is 1.26 bits per heavy atom. The van der Waals surface area contributed by atoms with Gasteiger partial charge in [0.1, 0.15) is 4.90 Å². The van der Waals surface area contributed by atoms with Crippen molar-refractivity contribution in [3.8, 4) is 0 Å². The first-order valence-corrected chi connectivity index (χ1v) is 10.7. The highest BCUT2D eigenvalue weighted by atomic mass is 127. The molecular formula is C17H26IN5O2S2. The van der Waals surface area contributed by atoms with Gasteiger partial charge in [-0.15, -0.1) is 35.3 Å². The topological polar surface area (TPSA) is 95.5 Å². The highest BCUT2D eigenvalue weighted by molar-refractivity contribution is 14.0. The second-order valence-electron chi connectivity index (χ2n) is 5.86. The quantitative estimate of drug-likeness (QED) is 0.203. The van der Waals surface area contributed by atoms with Crippen LogP contribution in [-0.2, 0) is 16.4 Å². The summed E-state index contributed by atoms with van der Waals surface area (Å²) in [5.74, 6) is 1.12. The number of rotatable bonds is 9. The molecule has 0 saturated carbocycles. The molecule has 2 heterocycles. The van der Waals surface area contributed by atoms with Crippen LogP contribution in [0.1, 0.15) is 11.8 Å². The van der Waals surface area contributed by atoms with Crippen LogP contribution < -0.4 is 15.4 Å².